The maximum atomic E-state index is 10.1. The zero-order chi connectivity index (χ0) is 19.4. The molecule has 4 nitrogen and oxygen atoms in total. The van der Waals surface area contributed by atoms with E-state index in [1.54, 1.807) is 0 Å². The molecule has 0 spiro atoms. The summed E-state index contributed by atoms with van der Waals surface area (Å²) in [6.45, 7) is 4.22. The molecule has 146 valence electrons. The van der Waals surface area contributed by atoms with E-state index in [2.05, 4.69) is 44.2 Å². The Balaban J connectivity index is 1.72. The Morgan fingerprint density at radius 2 is 1.70 bits per heavy atom. The van der Waals surface area contributed by atoms with Crippen LogP contribution in [0.2, 0.25) is 0 Å². The van der Waals surface area contributed by atoms with Crippen LogP contribution in [0.15, 0.2) is 48.5 Å². The van der Waals surface area contributed by atoms with Crippen LogP contribution in [0.25, 0.3) is 0 Å². The van der Waals surface area contributed by atoms with Gasteiger partial charge in [-0.3, -0.25) is 0 Å². The standard InChI is InChI=1S/C23H30O4/c1-15(2)17-9-7-16(8-10-17)11-18-5-3-4-6-22(18)27-20-12-19(14-24)23(26)21(25)13-20/h3-10,15,19-21,23-26H,11-14H2,1-2H3/t19-,20-,21-,23-/m1/s1. The van der Waals surface area contributed by atoms with Crippen LogP contribution in [0.3, 0.4) is 0 Å². The van der Waals surface area contributed by atoms with Gasteiger partial charge < -0.3 is 20.1 Å². The monoisotopic (exact) mass is 370 g/mol. The predicted octanol–water partition coefficient (Wildman–Crippen LogP) is 3.27. The summed E-state index contributed by atoms with van der Waals surface area (Å²) in [5.74, 6) is 0.965. The molecule has 3 N–H and O–H groups in total. The van der Waals surface area contributed by atoms with Gasteiger partial charge in [0.15, 0.2) is 0 Å². The molecule has 0 heterocycles. The van der Waals surface area contributed by atoms with Crippen molar-refractivity contribution in [3.05, 3.63) is 65.2 Å². The summed E-state index contributed by atoms with van der Waals surface area (Å²) in [6, 6.07) is 16.6. The molecule has 4 heteroatoms. The van der Waals surface area contributed by atoms with Gasteiger partial charge in [0.25, 0.3) is 0 Å². The van der Waals surface area contributed by atoms with Gasteiger partial charge in [0.2, 0.25) is 0 Å². The number of benzene rings is 2. The number of aliphatic hydroxyl groups is 3. The third-order valence-electron chi connectivity index (χ3n) is 5.49. The van der Waals surface area contributed by atoms with Gasteiger partial charge in [-0.15, -0.1) is 0 Å². The number of aliphatic hydroxyl groups excluding tert-OH is 3. The van der Waals surface area contributed by atoms with Crippen molar-refractivity contribution in [2.45, 2.75) is 57.3 Å². The number of para-hydroxylation sites is 1. The lowest BCUT2D eigenvalue weighted by Gasteiger charge is -2.36. The van der Waals surface area contributed by atoms with Gasteiger partial charge in [-0.1, -0.05) is 56.3 Å². The molecule has 0 aromatic heterocycles. The van der Waals surface area contributed by atoms with Gasteiger partial charge in [-0.2, -0.15) is 0 Å². The van der Waals surface area contributed by atoms with Crippen LogP contribution in [0.1, 0.15) is 49.3 Å². The van der Waals surface area contributed by atoms with E-state index in [9.17, 15) is 15.3 Å². The lowest BCUT2D eigenvalue weighted by molar-refractivity contribution is -0.0892. The number of ether oxygens (including phenoxy) is 1. The molecule has 0 bridgehead atoms. The predicted molar refractivity (Wildman–Crippen MR) is 106 cm³/mol. The molecular formula is C23H30O4. The second-order valence-corrected chi connectivity index (χ2v) is 7.89. The van der Waals surface area contributed by atoms with Gasteiger partial charge in [0.05, 0.1) is 12.2 Å². The number of hydrogen-bond donors (Lipinski definition) is 3. The lowest BCUT2D eigenvalue weighted by Crippen LogP contribution is -2.46. The molecule has 4 atom stereocenters. The van der Waals surface area contributed by atoms with E-state index in [4.69, 9.17) is 4.74 Å². The summed E-state index contributed by atoms with van der Waals surface area (Å²) >= 11 is 0. The van der Waals surface area contributed by atoms with Gasteiger partial charge >= 0.3 is 0 Å². The molecule has 2 aromatic carbocycles. The van der Waals surface area contributed by atoms with Crippen LogP contribution in [-0.2, 0) is 6.42 Å². The Hall–Kier alpha value is -1.88. The molecule has 0 saturated heterocycles. The fourth-order valence-electron chi connectivity index (χ4n) is 3.76. The van der Waals surface area contributed by atoms with Crippen LogP contribution >= 0.6 is 0 Å². The summed E-state index contributed by atoms with van der Waals surface area (Å²) in [7, 11) is 0. The van der Waals surface area contributed by atoms with Gasteiger partial charge in [0, 0.05) is 25.4 Å². The fraction of sp³-hybridized carbons (Fsp3) is 0.478. The molecule has 0 radical (unpaired) electrons. The minimum Gasteiger partial charge on any atom is -0.490 e. The van der Waals surface area contributed by atoms with Crippen molar-refractivity contribution < 1.29 is 20.1 Å². The number of rotatable bonds is 6. The van der Waals surface area contributed by atoms with Crippen LogP contribution in [0.5, 0.6) is 5.75 Å². The van der Waals surface area contributed by atoms with E-state index in [0.717, 1.165) is 17.7 Å². The molecule has 1 aliphatic rings. The molecular weight excluding hydrogens is 340 g/mol. The van der Waals surface area contributed by atoms with Crippen molar-refractivity contribution >= 4 is 0 Å². The summed E-state index contributed by atoms with van der Waals surface area (Å²) in [5.41, 5.74) is 3.65. The summed E-state index contributed by atoms with van der Waals surface area (Å²) in [4.78, 5) is 0. The minimum atomic E-state index is -0.885. The highest BCUT2D eigenvalue weighted by atomic mass is 16.5. The second kappa shape index (κ2) is 8.87. The first kappa shape index (κ1) is 19.9. The van der Waals surface area contributed by atoms with Crippen LogP contribution < -0.4 is 4.74 Å². The topological polar surface area (TPSA) is 69.9 Å². The van der Waals surface area contributed by atoms with E-state index >= 15 is 0 Å². The Kier molecular flexibility index (Phi) is 6.53. The van der Waals surface area contributed by atoms with Gasteiger partial charge in [0.1, 0.15) is 11.9 Å². The van der Waals surface area contributed by atoms with E-state index in [0.29, 0.717) is 18.8 Å². The molecule has 0 unspecified atom stereocenters. The fourth-order valence-corrected chi connectivity index (χ4v) is 3.76. The third kappa shape index (κ3) is 4.89. The maximum absolute atomic E-state index is 10.1. The van der Waals surface area contributed by atoms with E-state index in [-0.39, 0.29) is 18.6 Å². The highest BCUT2D eigenvalue weighted by Crippen LogP contribution is 2.31. The Morgan fingerprint density at radius 3 is 2.37 bits per heavy atom. The van der Waals surface area contributed by atoms with Crippen molar-refractivity contribution in [2.75, 3.05) is 6.61 Å². The minimum absolute atomic E-state index is 0.151. The summed E-state index contributed by atoms with van der Waals surface area (Å²) in [6.07, 6.45) is -0.289. The molecule has 1 fully saturated rings. The van der Waals surface area contributed by atoms with E-state index in [1.807, 2.05) is 18.2 Å². The highest BCUT2D eigenvalue weighted by Gasteiger charge is 2.36. The van der Waals surface area contributed by atoms with Gasteiger partial charge in [-0.05, 0) is 35.1 Å². The molecule has 0 aliphatic heterocycles. The van der Waals surface area contributed by atoms with Crippen LogP contribution in [0, 0.1) is 5.92 Å². The Bertz CT molecular complexity index is 725. The second-order valence-electron chi connectivity index (χ2n) is 7.89. The first-order valence-electron chi connectivity index (χ1n) is 9.78. The quantitative estimate of drug-likeness (QED) is 0.730. The SMILES string of the molecule is CC(C)c1ccc(Cc2ccccc2O[C@@H]2C[C@H](CO)[C@@H](O)[C@H](O)C2)cc1. The van der Waals surface area contributed by atoms with Gasteiger partial charge in [-0.25, -0.2) is 0 Å². The molecule has 27 heavy (non-hydrogen) atoms. The molecule has 1 saturated carbocycles. The molecule has 1 aliphatic carbocycles. The zero-order valence-corrected chi connectivity index (χ0v) is 16.1. The first-order valence-corrected chi connectivity index (χ1v) is 9.78. The van der Waals surface area contributed by atoms with Crippen molar-refractivity contribution in [1.29, 1.82) is 0 Å². The average Bonchev–Trinajstić information content (AvgIpc) is 2.66. The molecule has 0 amide bonds. The van der Waals surface area contributed by atoms with Crippen LogP contribution in [0.4, 0.5) is 0 Å². The van der Waals surface area contributed by atoms with Crippen molar-refractivity contribution in [3.8, 4) is 5.75 Å². The number of hydrogen-bond acceptors (Lipinski definition) is 4. The van der Waals surface area contributed by atoms with Crippen molar-refractivity contribution in [1.82, 2.24) is 0 Å². The summed E-state index contributed by atoms with van der Waals surface area (Å²) < 4.78 is 6.19. The lowest BCUT2D eigenvalue weighted by atomic mass is 9.83. The van der Waals surface area contributed by atoms with E-state index in [1.165, 1.54) is 11.1 Å². The Morgan fingerprint density at radius 1 is 1.00 bits per heavy atom. The Labute approximate surface area is 161 Å². The molecule has 2 aromatic rings. The molecule has 3 rings (SSSR count). The largest absolute Gasteiger partial charge is 0.490 e. The first-order chi connectivity index (χ1) is 13.0. The summed E-state index contributed by atoms with van der Waals surface area (Å²) in [5, 5.41) is 29.5. The average molecular weight is 370 g/mol. The third-order valence-corrected chi connectivity index (χ3v) is 5.49. The van der Waals surface area contributed by atoms with Crippen molar-refractivity contribution in [2.24, 2.45) is 5.92 Å². The zero-order valence-electron chi connectivity index (χ0n) is 16.1. The smallest absolute Gasteiger partial charge is 0.123 e. The normalized spacial score (nSPS) is 25.6. The highest BCUT2D eigenvalue weighted by molar-refractivity contribution is 5.38. The van der Waals surface area contributed by atoms with Crippen LogP contribution in [-0.4, -0.2) is 40.2 Å². The van der Waals surface area contributed by atoms with Crippen molar-refractivity contribution in [3.63, 3.8) is 0 Å². The van der Waals surface area contributed by atoms with E-state index < -0.39 is 12.2 Å². The maximum Gasteiger partial charge on any atom is 0.123 e.